The van der Waals surface area contributed by atoms with Gasteiger partial charge < -0.3 is 16.4 Å². The van der Waals surface area contributed by atoms with Crippen molar-refractivity contribution in [2.75, 3.05) is 25.0 Å². The van der Waals surface area contributed by atoms with Crippen molar-refractivity contribution in [2.45, 2.75) is 19.8 Å². The summed E-state index contributed by atoms with van der Waals surface area (Å²) in [5.74, 6) is -0.412. The molecule has 1 aliphatic heterocycles. The molecule has 4 N–H and O–H groups in total. The highest BCUT2D eigenvalue weighted by Crippen LogP contribution is 2.30. The van der Waals surface area contributed by atoms with Crippen molar-refractivity contribution in [1.82, 2.24) is 5.32 Å². The quantitative estimate of drug-likeness (QED) is 0.796. The Morgan fingerprint density at radius 3 is 2.79 bits per heavy atom. The van der Waals surface area contributed by atoms with Crippen LogP contribution in [0.2, 0.25) is 0 Å². The van der Waals surface area contributed by atoms with Gasteiger partial charge in [-0.25, -0.2) is 0 Å². The fourth-order valence-electron chi connectivity index (χ4n) is 2.44. The van der Waals surface area contributed by atoms with E-state index < -0.39 is 5.91 Å². The number of primary amides is 1. The molecule has 0 aromatic heterocycles. The average molecular weight is 326 g/mol. The van der Waals surface area contributed by atoms with E-state index in [4.69, 9.17) is 5.73 Å². The molecule has 0 spiro atoms. The lowest BCUT2D eigenvalue weighted by atomic mass is 9.81. The van der Waals surface area contributed by atoms with E-state index in [9.17, 15) is 4.79 Å². The van der Waals surface area contributed by atoms with Crippen molar-refractivity contribution in [3.05, 3.63) is 28.2 Å². The predicted octanol–water partition coefficient (Wildman–Crippen LogP) is 2.35. The van der Waals surface area contributed by atoms with Crippen LogP contribution in [0.3, 0.4) is 0 Å². The summed E-state index contributed by atoms with van der Waals surface area (Å²) < 4.78 is 0.737. The van der Waals surface area contributed by atoms with Crippen molar-refractivity contribution in [3.8, 4) is 0 Å². The van der Waals surface area contributed by atoms with Gasteiger partial charge in [-0.3, -0.25) is 4.79 Å². The van der Waals surface area contributed by atoms with Gasteiger partial charge in [-0.2, -0.15) is 0 Å². The normalized spacial score (nSPS) is 18.0. The van der Waals surface area contributed by atoms with Crippen molar-refractivity contribution in [1.29, 1.82) is 0 Å². The van der Waals surface area contributed by atoms with Crippen LogP contribution < -0.4 is 16.4 Å². The Morgan fingerprint density at radius 2 is 2.16 bits per heavy atom. The van der Waals surface area contributed by atoms with Crippen LogP contribution in [-0.4, -0.2) is 25.5 Å². The minimum absolute atomic E-state index is 0.266. The van der Waals surface area contributed by atoms with Gasteiger partial charge in [-0.05, 0) is 59.4 Å². The molecule has 1 heterocycles. The lowest BCUT2D eigenvalue weighted by Gasteiger charge is -2.34. The van der Waals surface area contributed by atoms with Crippen LogP contribution in [0.15, 0.2) is 22.7 Å². The second-order valence-electron chi connectivity index (χ2n) is 5.44. The topological polar surface area (TPSA) is 67.1 Å². The first kappa shape index (κ1) is 14.3. The average Bonchev–Trinajstić information content (AvgIpc) is 2.37. The summed E-state index contributed by atoms with van der Waals surface area (Å²) in [6.45, 7) is 5.24. The molecule has 1 saturated heterocycles. The van der Waals surface area contributed by atoms with Gasteiger partial charge >= 0.3 is 0 Å². The van der Waals surface area contributed by atoms with Gasteiger partial charge in [0.1, 0.15) is 0 Å². The predicted molar refractivity (Wildman–Crippen MR) is 81.4 cm³/mol. The first-order valence-corrected chi connectivity index (χ1v) is 7.34. The first-order valence-electron chi connectivity index (χ1n) is 6.55. The number of piperidine rings is 1. The molecule has 1 amide bonds. The molecule has 104 valence electrons. The van der Waals surface area contributed by atoms with E-state index in [1.54, 1.807) is 0 Å². The molecule has 1 aromatic rings. The molecule has 19 heavy (non-hydrogen) atoms. The maximum atomic E-state index is 11.5. The number of nitrogens with two attached hydrogens (primary N) is 1. The molecule has 0 aliphatic carbocycles. The van der Waals surface area contributed by atoms with Gasteiger partial charge in [0, 0.05) is 16.7 Å². The molecule has 0 saturated carbocycles. The number of anilines is 1. The molecule has 0 atom stereocenters. The largest absolute Gasteiger partial charge is 0.384 e. The summed E-state index contributed by atoms with van der Waals surface area (Å²) in [4.78, 5) is 11.5. The second-order valence-corrected chi connectivity index (χ2v) is 6.30. The van der Waals surface area contributed by atoms with Crippen LogP contribution in [0.4, 0.5) is 5.69 Å². The molecular weight excluding hydrogens is 306 g/mol. The molecule has 0 unspecified atom stereocenters. The van der Waals surface area contributed by atoms with Crippen LogP contribution in [0.5, 0.6) is 0 Å². The molecular formula is C14H20BrN3O. The van der Waals surface area contributed by atoms with Crippen LogP contribution >= 0.6 is 15.9 Å². The summed E-state index contributed by atoms with van der Waals surface area (Å²) in [6.07, 6.45) is 2.28. The third-order valence-corrected chi connectivity index (χ3v) is 4.44. The van der Waals surface area contributed by atoms with E-state index in [2.05, 4.69) is 33.5 Å². The monoisotopic (exact) mass is 325 g/mol. The van der Waals surface area contributed by atoms with Crippen LogP contribution in [0.25, 0.3) is 0 Å². The molecule has 2 rings (SSSR count). The van der Waals surface area contributed by atoms with Gasteiger partial charge in [0.05, 0.1) is 5.56 Å². The number of amides is 1. The smallest absolute Gasteiger partial charge is 0.251 e. The molecule has 1 aliphatic rings. The number of benzene rings is 1. The minimum Gasteiger partial charge on any atom is -0.384 e. The Kier molecular flexibility index (Phi) is 4.47. The van der Waals surface area contributed by atoms with E-state index in [1.807, 2.05) is 18.2 Å². The zero-order chi connectivity index (χ0) is 13.9. The zero-order valence-electron chi connectivity index (χ0n) is 11.1. The lowest BCUT2D eigenvalue weighted by molar-refractivity contribution is 0.1000. The Morgan fingerprint density at radius 1 is 1.47 bits per heavy atom. The van der Waals surface area contributed by atoms with E-state index in [0.29, 0.717) is 5.56 Å². The lowest BCUT2D eigenvalue weighted by Crippen LogP contribution is -2.39. The van der Waals surface area contributed by atoms with Crippen molar-refractivity contribution >= 4 is 27.5 Å². The van der Waals surface area contributed by atoms with Gasteiger partial charge in [0.15, 0.2) is 0 Å². The number of hydrogen-bond acceptors (Lipinski definition) is 3. The van der Waals surface area contributed by atoms with E-state index in [-0.39, 0.29) is 5.41 Å². The Balaban J connectivity index is 2.11. The molecule has 0 radical (unpaired) electrons. The summed E-state index contributed by atoms with van der Waals surface area (Å²) in [7, 11) is 0. The molecule has 1 fully saturated rings. The third kappa shape index (κ3) is 3.48. The van der Waals surface area contributed by atoms with Gasteiger partial charge in [0.25, 0.3) is 5.91 Å². The molecule has 4 nitrogen and oxygen atoms in total. The first-order chi connectivity index (χ1) is 9.02. The van der Waals surface area contributed by atoms with E-state index >= 15 is 0 Å². The van der Waals surface area contributed by atoms with Gasteiger partial charge in [-0.15, -0.1) is 0 Å². The van der Waals surface area contributed by atoms with Crippen LogP contribution in [0, 0.1) is 5.41 Å². The maximum Gasteiger partial charge on any atom is 0.251 e. The van der Waals surface area contributed by atoms with Crippen LogP contribution in [0.1, 0.15) is 30.1 Å². The summed E-state index contributed by atoms with van der Waals surface area (Å²) in [5, 5.41) is 6.75. The number of carbonyl (C=O) groups excluding carboxylic acids is 1. The zero-order valence-corrected chi connectivity index (χ0v) is 12.7. The van der Waals surface area contributed by atoms with E-state index in [0.717, 1.165) is 42.6 Å². The van der Waals surface area contributed by atoms with Crippen molar-refractivity contribution in [3.63, 3.8) is 0 Å². The maximum absolute atomic E-state index is 11.5. The second kappa shape index (κ2) is 5.92. The van der Waals surface area contributed by atoms with Crippen molar-refractivity contribution < 1.29 is 4.79 Å². The SMILES string of the molecule is CC1(CNc2cccc(Br)c2C(N)=O)CCNCC1. The van der Waals surface area contributed by atoms with Gasteiger partial charge in [0.2, 0.25) is 0 Å². The highest BCUT2D eigenvalue weighted by Gasteiger charge is 2.26. The highest BCUT2D eigenvalue weighted by molar-refractivity contribution is 9.10. The van der Waals surface area contributed by atoms with E-state index in [1.165, 1.54) is 0 Å². The third-order valence-electron chi connectivity index (χ3n) is 3.78. The Hall–Kier alpha value is -1.07. The number of nitrogens with one attached hydrogen (secondary N) is 2. The molecule has 5 heteroatoms. The summed E-state index contributed by atoms with van der Waals surface area (Å²) in [5.41, 5.74) is 7.04. The number of carbonyl (C=O) groups is 1. The van der Waals surface area contributed by atoms with Gasteiger partial charge in [-0.1, -0.05) is 13.0 Å². The highest BCUT2D eigenvalue weighted by atomic mass is 79.9. The standard InChI is InChI=1S/C14H20BrN3O/c1-14(5-7-17-8-6-14)9-18-11-4-2-3-10(15)12(11)13(16)19/h2-4,17-18H,5-9H2,1H3,(H2,16,19). The molecule has 1 aromatic carbocycles. The van der Waals surface area contributed by atoms with Crippen LogP contribution in [-0.2, 0) is 0 Å². The Labute approximate surface area is 122 Å². The molecule has 0 bridgehead atoms. The Bertz CT molecular complexity index is 470. The fourth-order valence-corrected chi connectivity index (χ4v) is 3.00. The number of hydrogen-bond donors (Lipinski definition) is 3. The summed E-state index contributed by atoms with van der Waals surface area (Å²) in [6, 6.07) is 5.64. The fraction of sp³-hybridized carbons (Fsp3) is 0.500. The summed E-state index contributed by atoms with van der Waals surface area (Å²) >= 11 is 3.38. The number of halogens is 1. The van der Waals surface area contributed by atoms with Crippen molar-refractivity contribution in [2.24, 2.45) is 11.1 Å². The number of rotatable bonds is 4. The minimum atomic E-state index is -0.412.